The van der Waals surface area contributed by atoms with Crippen LogP contribution in [0.2, 0.25) is 10.0 Å². The van der Waals surface area contributed by atoms with Crippen LogP contribution in [0.4, 0.5) is 17.3 Å². The summed E-state index contributed by atoms with van der Waals surface area (Å²) in [7, 11) is 0. The van der Waals surface area contributed by atoms with Crippen molar-refractivity contribution in [2.24, 2.45) is 0 Å². The Bertz CT molecular complexity index is 897. The van der Waals surface area contributed by atoms with Crippen LogP contribution in [0.25, 0.3) is 0 Å². The number of anilines is 3. The first-order chi connectivity index (χ1) is 11.5. The van der Waals surface area contributed by atoms with Crippen LogP contribution in [-0.4, -0.2) is 21.0 Å². The molecule has 2 heterocycles. The van der Waals surface area contributed by atoms with Crippen LogP contribution in [0, 0.1) is 6.92 Å². The minimum Gasteiger partial charge on any atom is -0.360 e. The molecule has 0 aliphatic carbocycles. The van der Waals surface area contributed by atoms with E-state index in [1.807, 2.05) is 0 Å². The number of halogens is 2. The summed E-state index contributed by atoms with van der Waals surface area (Å²) in [5.41, 5.74) is 0.729. The predicted octanol–water partition coefficient (Wildman–Crippen LogP) is 4.08. The zero-order chi connectivity index (χ0) is 17.1. The summed E-state index contributed by atoms with van der Waals surface area (Å²) in [6, 6.07) is 8.08. The number of nitrogens with zero attached hydrogens (tertiary/aromatic N) is 3. The Labute approximate surface area is 147 Å². The molecule has 3 aromatic rings. The minimum atomic E-state index is -0.439. The monoisotopic (exact) mass is 363 g/mol. The quantitative estimate of drug-likeness (QED) is 0.725. The second-order valence-corrected chi connectivity index (χ2v) is 5.66. The van der Waals surface area contributed by atoms with Gasteiger partial charge in [0.2, 0.25) is 0 Å². The van der Waals surface area contributed by atoms with Gasteiger partial charge in [-0.15, -0.1) is 0 Å². The highest BCUT2D eigenvalue weighted by molar-refractivity contribution is 6.35. The van der Waals surface area contributed by atoms with Gasteiger partial charge in [-0.05, 0) is 25.1 Å². The molecule has 0 saturated heterocycles. The Morgan fingerprint density at radius 3 is 2.71 bits per heavy atom. The van der Waals surface area contributed by atoms with Crippen LogP contribution in [0.3, 0.4) is 0 Å². The topological polar surface area (TPSA) is 92.9 Å². The fourth-order valence-electron chi connectivity index (χ4n) is 1.89. The first-order valence-electron chi connectivity index (χ1n) is 6.80. The Morgan fingerprint density at radius 1 is 1.12 bits per heavy atom. The van der Waals surface area contributed by atoms with Crippen molar-refractivity contribution in [1.82, 2.24) is 15.1 Å². The maximum atomic E-state index is 12.2. The highest BCUT2D eigenvalue weighted by atomic mass is 35.5. The van der Waals surface area contributed by atoms with Gasteiger partial charge in [0, 0.05) is 17.2 Å². The van der Waals surface area contributed by atoms with Gasteiger partial charge in [-0.3, -0.25) is 4.79 Å². The van der Waals surface area contributed by atoms with E-state index in [4.69, 9.17) is 27.7 Å². The molecule has 0 spiro atoms. The smallest absolute Gasteiger partial charge is 0.275 e. The van der Waals surface area contributed by atoms with E-state index in [-0.39, 0.29) is 5.69 Å². The van der Waals surface area contributed by atoms with Crippen molar-refractivity contribution in [2.75, 3.05) is 10.6 Å². The van der Waals surface area contributed by atoms with E-state index in [0.29, 0.717) is 33.1 Å². The Morgan fingerprint density at radius 2 is 1.96 bits per heavy atom. The number of carbonyl (C=O) groups is 1. The lowest BCUT2D eigenvalue weighted by Crippen LogP contribution is -2.14. The van der Waals surface area contributed by atoms with Crippen LogP contribution >= 0.6 is 23.2 Å². The number of amides is 1. The Kier molecular flexibility index (Phi) is 4.64. The van der Waals surface area contributed by atoms with E-state index in [2.05, 4.69) is 25.8 Å². The Hall–Kier alpha value is -2.64. The number of hydrogen-bond acceptors (Lipinski definition) is 6. The molecule has 1 aromatic carbocycles. The van der Waals surface area contributed by atoms with Crippen LogP contribution in [0.1, 0.15) is 16.2 Å². The molecule has 24 heavy (non-hydrogen) atoms. The van der Waals surface area contributed by atoms with Crippen molar-refractivity contribution in [3.05, 3.63) is 58.2 Å². The van der Waals surface area contributed by atoms with E-state index in [1.165, 1.54) is 12.4 Å². The third-order valence-electron chi connectivity index (χ3n) is 2.96. The van der Waals surface area contributed by atoms with Gasteiger partial charge in [-0.2, -0.15) is 0 Å². The van der Waals surface area contributed by atoms with E-state index in [1.54, 1.807) is 31.2 Å². The summed E-state index contributed by atoms with van der Waals surface area (Å²) in [6.07, 6.45) is 1.27. The van der Waals surface area contributed by atoms with Gasteiger partial charge in [0.1, 0.15) is 23.6 Å². The molecule has 0 atom stereocenters. The standard InChI is InChI=1S/C15H11Cl2N5O2/c1-8-4-14(22-24-8)21-15(23)12-6-13(19-7-18-12)20-11-5-9(16)2-3-10(11)17/h2-7H,1H3,(H,18,19,20)(H,21,22,23). The molecule has 122 valence electrons. The highest BCUT2D eigenvalue weighted by Crippen LogP contribution is 2.27. The minimum absolute atomic E-state index is 0.159. The van der Waals surface area contributed by atoms with Crippen LogP contribution in [-0.2, 0) is 0 Å². The van der Waals surface area contributed by atoms with Crippen molar-refractivity contribution in [3.63, 3.8) is 0 Å². The summed E-state index contributed by atoms with van der Waals surface area (Å²) in [5.74, 6) is 0.857. The lowest BCUT2D eigenvalue weighted by molar-refractivity contribution is 0.102. The molecular weight excluding hydrogens is 353 g/mol. The van der Waals surface area contributed by atoms with Crippen molar-refractivity contribution in [3.8, 4) is 0 Å². The van der Waals surface area contributed by atoms with E-state index in [0.717, 1.165) is 0 Å². The lowest BCUT2D eigenvalue weighted by Gasteiger charge is -2.08. The van der Waals surface area contributed by atoms with Gasteiger partial charge in [-0.1, -0.05) is 28.4 Å². The third-order valence-corrected chi connectivity index (χ3v) is 3.53. The van der Waals surface area contributed by atoms with E-state index in [9.17, 15) is 4.79 Å². The van der Waals surface area contributed by atoms with E-state index < -0.39 is 5.91 Å². The fraction of sp³-hybridized carbons (Fsp3) is 0.0667. The van der Waals surface area contributed by atoms with Gasteiger partial charge in [0.25, 0.3) is 5.91 Å². The second kappa shape index (κ2) is 6.86. The first-order valence-corrected chi connectivity index (χ1v) is 7.55. The molecule has 3 rings (SSSR count). The van der Waals surface area contributed by atoms with Crippen molar-refractivity contribution >= 4 is 46.4 Å². The largest absolute Gasteiger partial charge is 0.360 e. The zero-order valence-corrected chi connectivity index (χ0v) is 13.9. The number of aryl methyl sites for hydroxylation is 1. The number of carbonyl (C=O) groups excluding carboxylic acids is 1. The maximum Gasteiger partial charge on any atom is 0.275 e. The SMILES string of the molecule is Cc1cc(NC(=O)c2cc(Nc3cc(Cl)ccc3Cl)ncn2)no1. The van der Waals surface area contributed by atoms with Crippen molar-refractivity contribution < 1.29 is 9.32 Å². The number of benzene rings is 1. The fourth-order valence-corrected chi connectivity index (χ4v) is 2.22. The molecule has 0 aliphatic heterocycles. The predicted molar refractivity (Wildman–Crippen MR) is 91.0 cm³/mol. The molecule has 0 bridgehead atoms. The molecular formula is C15H11Cl2N5O2. The Balaban J connectivity index is 1.78. The van der Waals surface area contributed by atoms with Crippen molar-refractivity contribution in [2.45, 2.75) is 6.92 Å². The van der Waals surface area contributed by atoms with Crippen LogP contribution < -0.4 is 10.6 Å². The number of nitrogens with one attached hydrogen (secondary N) is 2. The molecule has 9 heteroatoms. The van der Waals surface area contributed by atoms with Gasteiger partial charge >= 0.3 is 0 Å². The normalized spacial score (nSPS) is 10.5. The van der Waals surface area contributed by atoms with E-state index >= 15 is 0 Å². The molecule has 7 nitrogen and oxygen atoms in total. The molecule has 0 unspecified atom stereocenters. The zero-order valence-electron chi connectivity index (χ0n) is 12.4. The highest BCUT2D eigenvalue weighted by Gasteiger charge is 2.12. The summed E-state index contributed by atoms with van der Waals surface area (Å²) in [6.45, 7) is 1.73. The second-order valence-electron chi connectivity index (χ2n) is 4.81. The summed E-state index contributed by atoms with van der Waals surface area (Å²) in [5, 5.41) is 10.3. The molecule has 1 amide bonds. The molecule has 0 fully saturated rings. The summed E-state index contributed by atoms with van der Waals surface area (Å²) < 4.78 is 4.89. The van der Waals surface area contributed by atoms with Gasteiger partial charge in [-0.25, -0.2) is 9.97 Å². The van der Waals surface area contributed by atoms with Gasteiger partial charge in [0.15, 0.2) is 5.82 Å². The summed E-state index contributed by atoms with van der Waals surface area (Å²) >= 11 is 12.0. The van der Waals surface area contributed by atoms with Gasteiger partial charge in [0.05, 0.1) is 10.7 Å². The van der Waals surface area contributed by atoms with Crippen LogP contribution in [0.5, 0.6) is 0 Å². The third kappa shape index (κ3) is 3.81. The molecule has 0 radical (unpaired) electrons. The number of rotatable bonds is 4. The average Bonchev–Trinajstić information content (AvgIpc) is 2.96. The maximum absolute atomic E-state index is 12.2. The van der Waals surface area contributed by atoms with Crippen molar-refractivity contribution in [1.29, 1.82) is 0 Å². The first kappa shape index (κ1) is 16.2. The molecule has 0 aliphatic rings. The average molecular weight is 364 g/mol. The molecule has 2 N–H and O–H groups in total. The van der Waals surface area contributed by atoms with Gasteiger partial charge < -0.3 is 15.2 Å². The number of aromatic nitrogens is 3. The van der Waals surface area contributed by atoms with Crippen LogP contribution in [0.15, 0.2) is 41.2 Å². The molecule has 2 aromatic heterocycles. The summed E-state index contributed by atoms with van der Waals surface area (Å²) in [4.78, 5) is 20.2. The molecule has 0 saturated carbocycles. The lowest BCUT2D eigenvalue weighted by atomic mass is 10.3. The number of hydrogen-bond donors (Lipinski definition) is 2.